The molecule has 0 atom stereocenters. The third-order valence-electron chi connectivity index (χ3n) is 2.17. The van der Waals surface area contributed by atoms with E-state index in [-0.39, 0.29) is 5.75 Å². The molecule has 1 heterocycles. The number of thioether (sulfide) groups is 1. The fraction of sp³-hybridized carbons (Fsp3) is 0.250. The summed E-state index contributed by atoms with van der Waals surface area (Å²) in [6.07, 6.45) is 1.22. The van der Waals surface area contributed by atoms with Gasteiger partial charge < -0.3 is 0 Å². The minimum Gasteiger partial charge on any atom is -0.244 e. The highest BCUT2D eigenvalue weighted by Crippen LogP contribution is 2.26. The molecule has 0 aliphatic rings. The number of nitrogens with zero attached hydrogens (tertiary/aromatic N) is 1. The Morgan fingerprint density at radius 1 is 1.42 bits per heavy atom. The number of hydrogen-bond acceptors (Lipinski definition) is 5. The summed E-state index contributed by atoms with van der Waals surface area (Å²) in [6, 6.07) is 7.62. The van der Waals surface area contributed by atoms with E-state index in [0.29, 0.717) is 15.8 Å². The molecular weight excluding hydrogens is 322 g/mol. The van der Waals surface area contributed by atoms with Crippen molar-refractivity contribution in [3.05, 3.63) is 45.4 Å². The normalized spacial score (nSPS) is 11.7. The highest BCUT2D eigenvalue weighted by molar-refractivity contribution is 7.98. The monoisotopic (exact) mass is 333 g/mol. The van der Waals surface area contributed by atoms with Crippen LogP contribution in [0.4, 0.5) is 0 Å². The van der Waals surface area contributed by atoms with Crippen LogP contribution in [-0.4, -0.2) is 19.7 Å². The Balaban J connectivity index is 1.97. The number of thiazole rings is 1. The second-order valence-corrected chi connectivity index (χ2v) is 8.62. The van der Waals surface area contributed by atoms with Crippen LogP contribution < -0.4 is 0 Å². The van der Waals surface area contributed by atoms with E-state index in [1.165, 1.54) is 17.6 Å². The lowest BCUT2D eigenvalue weighted by Gasteiger charge is -1.99. The number of hydrogen-bond donors (Lipinski definition) is 0. The molecular formula is C12H12ClNO2S3. The SMILES string of the molecule is CS(=O)(=O)Cc1nc(CSc2cccc(Cl)c2)cs1. The van der Waals surface area contributed by atoms with Crippen LogP contribution in [0.3, 0.4) is 0 Å². The van der Waals surface area contributed by atoms with Crippen LogP contribution in [0.1, 0.15) is 10.7 Å². The quantitative estimate of drug-likeness (QED) is 0.784. The predicted octanol–water partition coefficient (Wildman–Crippen LogP) is 3.63. The lowest BCUT2D eigenvalue weighted by Crippen LogP contribution is -2.00. The van der Waals surface area contributed by atoms with Crippen LogP contribution >= 0.6 is 34.7 Å². The minimum atomic E-state index is -3.01. The summed E-state index contributed by atoms with van der Waals surface area (Å²) < 4.78 is 22.3. The molecule has 0 unspecified atom stereocenters. The van der Waals surface area contributed by atoms with E-state index in [1.807, 2.05) is 29.6 Å². The minimum absolute atomic E-state index is 0.0134. The Morgan fingerprint density at radius 2 is 2.21 bits per heavy atom. The molecule has 0 saturated carbocycles. The van der Waals surface area contributed by atoms with E-state index >= 15 is 0 Å². The van der Waals surface area contributed by atoms with Gasteiger partial charge in [0.2, 0.25) is 0 Å². The van der Waals surface area contributed by atoms with Crippen LogP contribution in [0, 0.1) is 0 Å². The second kappa shape index (κ2) is 6.26. The zero-order chi connectivity index (χ0) is 13.9. The molecule has 2 rings (SSSR count). The summed E-state index contributed by atoms with van der Waals surface area (Å²) in [7, 11) is -3.01. The molecule has 0 amide bonds. The van der Waals surface area contributed by atoms with Crippen molar-refractivity contribution < 1.29 is 8.42 Å². The van der Waals surface area contributed by atoms with E-state index in [1.54, 1.807) is 11.8 Å². The summed E-state index contributed by atoms with van der Waals surface area (Å²) in [5.74, 6) is 0.722. The fourth-order valence-corrected chi connectivity index (χ4v) is 4.63. The van der Waals surface area contributed by atoms with Gasteiger partial charge in [0, 0.05) is 27.3 Å². The Labute approximate surface area is 125 Å². The lowest BCUT2D eigenvalue weighted by atomic mass is 10.4. The topological polar surface area (TPSA) is 47.0 Å². The second-order valence-electron chi connectivity index (χ2n) is 4.05. The van der Waals surface area contributed by atoms with Crippen molar-refractivity contribution in [3.8, 4) is 0 Å². The van der Waals surface area contributed by atoms with Crippen molar-refractivity contribution in [1.82, 2.24) is 4.98 Å². The fourth-order valence-electron chi connectivity index (χ4n) is 1.42. The lowest BCUT2D eigenvalue weighted by molar-refractivity contribution is 0.601. The van der Waals surface area contributed by atoms with Gasteiger partial charge in [0.05, 0.1) is 5.69 Å². The average Bonchev–Trinajstić information content (AvgIpc) is 2.72. The zero-order valence-corrected chi connectivity index (χ0v) is 13.4. The maximum absolute atomic E-state index is 11.2. The van der Waals surface area contributed by atoms with E-state index in [2.05, 4.69) is 4.98 Å². The van der Waals surface area contributed by atoms with Gasteiger partial charge in [-0.25, -0.2) is 13.4 Å². The first-order valence-electron chi connectivity index (χ1n) is 5.42. The highest BCUT2D eigenvalue weighted by Gasteiger charge is 2.09. The Morgan fingerprint density at radius 3 is 2.89 bits per heavy atom. The molecule has 0 bridgehead atoms. The van der Waals surface area contributed by atoms with E-state index < -0.39 is 9.84 Å². The van der Waals surface area contributed by atoms with E-state index in [0.717, 1.165) is 10.6 Å². The number of benzene rings is 1. The molecule has 0 fully saturated rings. The molecule has 19 heavy (non-hydrogen) atoms. The molecule has 1 aromatic carbocycles. The van der Waals surface area contributed by atoms with Crippen molar-refractivity contribution in [2.75, 3.05) is 6.26 Å². The van der Waals surface area contributed by atoms with Gasteiger partial charge in [-0.2, -0.15) is 0 Å². The first kappa shape index (κ1) is 14.8. The molecule has 0 aliphatic carbocycles. The summed E-state index contributed by atoms with van der Waals surface area (Å²) in [5, 5.41) is 3.25. The van der Waals surface area contributed by atoms with Crippen molar-refractivity contribution in [2.24, 2.45) is 0 Å². The highest BCUT2D eigenvalue weighted by atomic mass is 35.5. The van der Waals surface area contributed by atoms with Crippen molar-refractivity contribution in [1.29, 1.82) is 0 Å². The van der Waals surface area contributed by atoms with Crippen LogP contribution in [0.25, 0.3) is 0 Å². The molecule has 3 nitrogen and oxygen atoms in total. The third kappa shape index (κ3) is 5.14. The molecule has 0 spiro atoms. The maximum atomic E-state index is 11.2. The van der Waals surface area contributed by atoms with Crippen molar-refractivity contribution in [3.63, 3.8) is 0 Å². The average molecular weight is 334 g/mol. The zero-order valence-electron chi connectivity index (χ0n) is 10.2. The van der Waals surface area contributed by atoms with Crippen molar-refractivity contribution >= 4 is 44.5 Å². The van der Waals surface area contributed by atoms with E-state index in [9.17, 15) is 8.42 Å². The summed E-state index contributed by atoms with van der Waals surface area (Å²) in [5.41, 5.74) is 0.897. The largest absolute Gasteiger partial charge is 0.244 e. The smallest absolute Gasteiger partial charge is 0.153 e. The Kier molecular flexibility index (Phi) is 4.89. The molecule has 0 saturated heterocycles. The first-order chi connectivity index (χ1) is 8.92. The first-order valence-corrected chi connectivity index (χ1v) is 9.72. The number of rotatable bonds is 5. The van der Waals surface area contributed by atoms with Crippen LogP contribution in [0.2, 0.25) is 5.02 Å². The third-order valence-corrected chi connectivity index (χ3v) is 5.31. The maximum Gasteiger partial charge on any atom is 0.153 e. The predicted molar refractivity (Wildman–Crippen MR) is 81.7 cm³/mol. The van der Waals surface area contributed by atoms with Gasteiger partial charge in [-0.15, -0.1) is 23.1 Å². The molecule has 1 aromatic heterocycles. The number of sulfone groups is 1. The number of aromatic nitrogens is 1. The summed E-state index contributed by atoms with van der Waals surface area (Å²) in [6.45, 7) is 0. The molecule has 0 radical (unpaired) electrons. The van der Waals surface area contributed by atoms with Gasteiger partial charge in [0.1, 0.15) is 10.8 Å². The van der Waals surface area contributed by atoms with Gasteiger partial charge in [0.15, 0.2) is 9.84 Å². The summed E-state index contributed by atoms with van der Waals surface area (Å²) in [4.78, 5) is 5.39. The van der Waals surface area contributed by atoms with E-state index in [4.69, 9.17) is 11.6 Å². The number of halogens is 1. The Bertz CT molecular complexity index is 667. The van der Waals surface area contributed by atoms with Gasteiger partial charge >= 0.3 is 0 Å². The summed E-state index contributed by atoms with van der Waals surface area (Å²) >= 11 is 8.92. The van der Waals surface area contributed by atoms with Crippen LogP contribution in [-0.2, 0) is 21.3 Å². The molecule has 102 valence electrons. The van der Waals surface area contributed by atoms with Gasteiger partial charge in [-0.05, 0) is 18.2 Å². The molecule has 7 heteroatoms. The van der Waals surface area contributed by atoms with Gasteiger partial charge in [-0.1, -0.05) is 17.7 Å². The molecule has 0 N–H and O–H groups in total. The standard InChI is InChI=1S/C12H12ClNO2S3/c1-19(15,16)8-12-14-10(7-18-12)6-17-11-4-2-3-9(13)5-11/h2-5,7H,6,8H2,1H3. The van der Waals surface area contributed by atoms with Gasteiger partial charge in [0.25, 0.3) is 0 Å². The van der Waals surface area contributed by atoms with Crippen molar-refractivity contribution in [2.45, 2.75) is 16.4 Å². The molecule has 2 aromatic rings. The van der Waals surface area contributed by atoms with Crippen LogP contribution in [0.5, 0.6) is 0 Å². The van der Waals surface area contributed by atoms with Gasteiger partial charge in [-0.3, -0.25) is 0 Å². The molecule has 0 aliphatic heterocycles. The van der Waals surface area contributed by atoms with Crippen LogP contribution in [0.15, 0.2) is 34.5 Å². The Hall–Kier alpha value is -0.560.